The number of H-pyrrole nitrogens is 1. The number of ketones is 1. The van der Waals surface area contributed by atoms with Crippen molar-refractivity contribution in [2.45, 2.75) is 30.9 Å². The van der Waals surface area contributed by atoms with Crippen LogP contribution in [-0.4, -0.2) is 32.5 Å². The number of rotatable bonds is 6. The summed E-state index contributed by atoms with van der Waals surface area (Å²) in [5.74, 6) is 1.00. The fourth-order valence-corrected chi connectivity index (χ4v) is 5.00. The number of aromatic amines is 1. The molecule has 0 aliphatic carbocycles. The first-order chi connectivity index (χ1) is 11.5. The Labute approximate surface area is 149 Å². The zero-order valence-electron chi connectivity index (χ0n) is 13.3. The van der Waals surface area contributed by atoms with E-state index in [0.29, 0.717) is 32.2 Å². The van der Waals surface area contributed by atoms with Crippen LogP contribution in [0.5, 0.6) is 0 Å². The van der Waals surface area contributed by atoms with Crippen LogP contribution in [0, 0.1) is 6.92 Å². The van der Waals surface area contributed by atoms with Gasteiger partial charge in [0.05, 0.1) is 16.0 Å². The highest BCUT2D eigenvalue weighted by atomic mass is 32.2. The van der Waals surface area contributed by atoms with Crippen LogP contribution >= 0.6 is 34.4 Å². The number of nitrogens with one attached hydrogen (secondary N) is 2. The molecule has 0 amide bonds. The molecule has 0 aliphatic rings. The second-order valence-corrected chi connectivity index (χ2v) is 8.20. The average molecular weight is 382 g/mol. The van der Waals surface area contributed by atoms with Gasteiger partial charge in [-0.25, -0.2) is 4.98 Å². The van der Waals surface area contributed by atoms with E-state index in [0.717, 1.165) is 16.0 Å². The van der Waals surface area contributed by atoms with Gasteiger partial charge in [-0.1, -0.05) is 23.1 Å². The zero-order valence-corrected chi connectivity index (χ0v) is 15.7. The van der Waals surface area contributed by atoms with Crippen molar-refractivity contribution in [3.8, 4) is 0 Å². The number of fused-ring (bicyclic) bond motifs is 1. The van der Waals surface area contributed by atoms with Crippen LogP contribution in [0.2, 0.25) is 0 Å². The van der Waals surface area contributed by atoms with Crippen LogP contribution in [0.25, 0.3) is 10.2 Å². The molecular weight excluding hydrogens is 366 g/mol. The van der Waals surface area contributed by atoms with Crippen LogP contribution in [0.1, 0.15) is 34.9 Å². The van der Waals surface area contributed by atoms with Crippen molar-refractivity contribution in [2.24, 2.45) is 0 Å². The maximum atomic E-state index is 12.3. The normalized spacial score (nSPS) is 11.1. The minimum Gasteiger partial charge on any atom is -0.360 e. The Morgan fingerprint density at radius 2 is 2.12 bits per heavy atom. The lowest BCUT2D eigenvalue weighted by atomic mass is 10.2. The van der Waals surface area contributed by atoms with E-state index < -0.39 is 0 Å². The van der Waals surface area contributed by atoms with Gasteiger partial charge < -0.3 is 10.3 Å². The molecular formula is C14H15N5O2S3. The van der Waals surface area contributed by atoms with Crippen molar-refractivity contribution < 1.29 is 4.79 Å². The number of carbonyl (C=O) groups excluding carboxylic acids is 1. The zero-order chi connectivity index (χ0) is 17.3. The molecule has 0 radical (unpaired) electrons. The standard InChI is InChI=1S/C14H15N5O2S3/c1-4-15-13-18-19-14(24-13)22-5-8-16-11(21)9-6(2)10(7(3)20)23-12(9)17-8/h4-5H2,1-3H3,(H,15,18)(H,16,17,21). The molecule has 7 nitrogen and oxygen atoms in total. The number of hydrogen-bond donors (Lipinski definition) is 2. The highest BCUT2D eigenvalue weighted by Gasteiger charge is 2.17. The molecule has 0 saturated carbocycles. The number of aromatic nitrogens is 4. The van der Waals surface area contributed by atoms with E-state index in [1.54, 1.807) is 6.92 Å². The third-order valence-corrected chi connectivity index (χ3v) is 6.55. The van der Waals surface area contributed by atoms with Gasteiger partial charge in [-0.3, -0.25) is 9.59 Å². The molecule has 0 unspecified atom stereocenters. The van der Waals surface area contributed by atoms with E-state index in [2.05, 4.69) is 25.5 Å². The predicted molar refractivity (Wildman–Crippen MR) is 98.6 cm³/mol. The first kappa shape index (κ1) is 17.1. The van der Waals surface area contributed by atoms with Crippen molar-refractivity contribution in [1.29, 1.82) is 0 Å². The number of carbonyl (C=O) groups is 1. The number of nitrogens with zero attached hydrogens (tertiary/aromatic N) is 3. The smallest absolute Gasteiger partial charge is 0.259 e. The Balaban J connectivity index is 1.84. The topological polar surface area (TPSA) is 101 Å². The molecule has 2 N–H and O–H groups in total. The van der Waals surface area contributed by atoms with Crippen molar-refractivity contribution in [2.75, 3.05) is 11.9 Å². The lowest BCUT2D eigenvalue weighted by Crippen LogP contribution is -2.11. The van der Waals surface area contributed by atoms with E-state index in [1.807, 2.05) is 6.92 Å². The van der Waals surface area contributed by atoms with Crippen molar-refractivity contribution in [1.82, 2.24) is 20.2 Å². The summed E-state index contributed by atoms with van der Waals surface area (Å²) < 4.78 is 0.806. The lowest BCUT2D eigenvalue weighted by molar-refractivity contribution is 0.102. The molecule has 0 aliphatic heterocycles. The fourth-order valence-electron chi connectivity index (χ4n) is 2.21. The van der Waals surface area contributed by atoms with Gasteiger partial charge in [-0.2, -0.15) is 0 Å². The molecule has 10 heteroatoms. The molecule has 24 heavy (non-hydrogen) atoms. The van der Waals surface area contributed by atoms with Gasteiger partial charge in [0.15, 0.2) is 10.1 Å². The summed E-state index contributed by atoms with van der Waals surface area (Å²) in [6, 6.07) is 0. The van der Waals surface area contributed by atoms with Crippen LogP contribution in [0.4, 0.5) is 5.13 Å². The SMILES string of the molecule is CCNc1nnc(SCc2nc3sc(C(C)=O)c(C)c3c(=O)[nH]2)s1. The second-order valence-electron chi connectivity index (χ2n) is 5.00. The summed E-state index contributed by atoms with van der Waals surface area (Å²) >= 11 is 4.19. The maximum absolute atomic E-state index is 12.3. The Hall–Kier alpha value is -1.78. The summed E-state index contributed by atoms with van der Waals surface area (Å²) in [5.41, 5.74) is 0.498. The first-order valence-electron chi connectivity index (χ1n) is 7.23. The Morgan fingerprint density at radius 1 is 1.33 bits per heavy atom. The number of thiophene rings is 1. The molecule has 3 aromatic rings. The Bertz CT molecular complexity index is 959. The van der Waals surface area contributed by atoms with E-state index in [-0.39, 0.29) is 11.3 Å². The molecule has 0 atom stereocenters. The number of Topliss-reactive ketones (excluding diaryl/α,β-unsaturated/α-hetero) is 1. The molecule has 0 aromatic carbocycles. The number of aryl methyl sites for hydroxylation is 1. The summed E-state index contributed by atoms with van der Waals surface area (Å²) in [7, 11) is 0. The maximum Gasteiger partial charge on any atom is 0.259 e. The number of thioether (sulfide) groups is 1. The molecule has 0 fully saturated rings. The van der Waals surface area contributed by atoms with Crippen LogP contribution in [-0.2, 0) is 5.75 Å². The first-order valence-corrected chi connectivity index (χ1v) is 9.84. The average Bonchev–Trinajstić information content (AvgIpc) is 3.10. The molecule has 0 spiro atoms. The molecule has 0 saturated heterocycles. The monoisotopic (exact) mass is 381 g/mol. The van der Waals surface area contributed by atoms with Gasteiger partial charge in [-0.05, 0) is 26.3 Å². The third kappa shape index (κ3) is 3.35. The van der Waals surface area contributed by atoms with Crippen LogP contribution in [0.3, 0.4) is 0 Å². The second kappa shape index (κ2) is 6.99. The molecule has 3 rings (SSSR count). The van der Waals surface area contributed by atoms with E-state index in [1.165, 1.54) is 41.4 Å². The van der Waals surface area contributed by atoms with Crippen molar-refractivity contribution in [3.63, 3.8) is 0 Å². The van der Waals surface area contributed by atoms with Gasteiger partial charge in [-0.15, -0.1) is 21.5 Å². The largest absolute Gasteiger partial charge is 0.360 e. The minimum absolute atomic E-state index is 0.0457. The number of anilines is 1. The van der Waals surface area contributed by atoms with Crippen LogP contribution in [0.15, 0.2) is 9.13 Å². The van der Waals surface area contributed by atoms with E-state index in [9.17, 15) is 9.59 Å². The van der Waals surface area contributed by atoms with Crippen LogP contribution < -0.4 is 10.9 Å². The summed E-state index contributed by atoms with van der Waals surface area (Å²) in [4.78, 5) is 32.4. The minimum atomic E-state index is -0.206. The molecule has 0 bridgehead atoms. The fraction of sp³-hybridized carbons (Fsp3) is 0.357. The highest BCUT2D eigenvalue weighted by molar-refractivity contribution is 8.00. The number of hydrogen-bond acceptors (Lipinski definition) is 9. The summed E-state index contributed by atoms with van der Waals surface area (Å²) in [6.07, 6.45) is 0. The molecule has 126 valence electrons. The van der Waals surface area contributed by atoms with E-state index >= 15 is 0 Å². The van der Waals surface area contributed by atoms with Gasteiger partial charge in [0, 0.05) is 6.54 Å². The molecule has 3 heterocycles. The van der Waals surface area contributed by atoms with Gasteiger partial charge in [0.1, 0.15) is 10.7 Å². The summed E-state index contributed by atoms with van der Waals surface area (Å²) in [5, 5.41) is 12.5. The van der Waals surface area contributed by atoms with Crippen molar-refractivity contribution in [3.05, 3.63) is 26.6 Å². The highest BCUT2D eigenvalue weighted by Crippen LogP contribution is 2.30. The molecule has 3 aromatic heterocycles. The van der Waals surface area contributed by atoms with Gasteiger partial charge >= 0.3 is 0 Å². The Kier molecular flexibility index (Phi) is 4.97. The quantitative estimate of drug-likeness (QED) is 0.500. The van der Waals surface area contributed by atoms with Crippen molar-refractivity contribution >= 4 is 55.6 Å². The predicted octanol–water partition coefficient (Wildman–Crippen LogP) is 3.07. The van der Waals surface area contributed by atoms with Gasteiger partial charge in [0.25, 0.3) is 5.56 Å². The van der Waals surface area contributed by atoms with Gasteiger partial charge in [0.2, 0.25) is 5.13 Å². The Morgan fingerprint density at radius 3 is 2.83 bits per heavy atom. The third-order valence-electron chi connectivity index (χ3n) is 3.24. The summed E-state index contributed by atoms with van der Waals surface area (Å²) in [6.45, 7) is 6.07. The van der Waals surface area contributed by atoms with E-state index in [4.69, 9.17) is 0 Å². The lowest BCUT2D eigenvalue weighted by Gasteiger charge is -1.99.